The van der Waals surface area contributed by atoms with Crippen LogP contribution < -0.4 is 5.73 Å². The van der Waals surface area contributed by atoms with Crippen LogP contribution in [0.25, 0.3) is 0 Å². The second-order valence-corrected chi connectivity index (χ2v) is 8.68. The van der Waals surface area contributed by atoms with Crippen LogP contribution in [0, 0.1) is 42.6 Å². The molecule has 2 unspecified atom stereocenters. The normalized spacial score (nSPS) is 36.6. The fourth-order valence-corrected chi connectivity index (χ4v) is 5.65. The number of phenolic OH excluding ortho intramolecular Hbond substituents is 1. The number of nitrogens with two attached hydrogens (primary N) is 1. The van der Waals surface area contributed by atoms with Gasteiger partial charge in [-0.25, -0.2) is 0 Å². The van der Waals surface area contributed by atoms with Gasteiger partial charge in [-0.05, 0) is 48.8 Å². The average Bonchev–Trinajstić information content (AvgIpc) is 2.81. The van der Waals surface area contributed by atoms with Crippen molar-refractivity contribution in [2.45, 2.75) is 70.3 Å². The van der Waals surface area contributed by atoms with Crippen LogP contribution in [0.15, 0.2) is 29.3 Å². The second kappa shape index (κ2) is 6.41. The van der Waals surface area contributed by atoms with Crippen LogP contribution >= 0.6 is 0 Å². The molecule has 3 nitrogen and oxygen atoms in total. The summed E-state index contributed by atoms with van der Waals surface area (Å²) in [5.41, 5.74) is 11.9. The van der Waals surface area contributed by atoms with Gasteiger partial charge in [0.05, 0.1) is 6.10 Å². The molecule has 0 aliphatic heterocycles. The molecule has 0 heterocycles. The zero-order valence-corrected chi connectivity index (χ0v) is 19.6. The van der Waals surface area contributed by atoms with E-state index in [-0.39, 0.29) is 54.0 Å². The molecule has 0 bridgehead atoms. The summed E-state index contributed by atoms with van der Waals surface area (Å²) in [6.07, 6.45) is 4.64. The van der Waals surface area contributed by atoms with Crippen molar-refractivity contribution in [3.8, 4) is 5.75 Å². The Hall–Kier alpha value is -0.268. The summed E-state index contributed by atoms with van der Waals surface area (Å²) in [5.74, 6) is 0.472. The monoisotopic (exact) mass is 564 g/mol. The zero-order valence-electron chi connectivity index (χ0n) is 15.4. The molecule has 1 aromatic carbocycles. The maximum Gasteiger partial charge on any atom is 0.115 e. The summed E-state index contributed by atoms with van der Waals surface area (Å²) in [5, 5.41) is 20.3. The van der Waals surface area contributed by atoms with E-state index in [0.717, 1.165) is 38.1 Å². The quantitative estimate of drug-likeness (QED) is 0.358. The maximum absolute atomic E-state index is 10.3. The molecule has 4 atom stereocenters. The van der Waals surface area contributed by atoms with Crippen LogP contribution in [-0.4, -0.2) is 16.3 Å². The van der Waals surface area contributed by atoms with E-state index in [1.807, 2.05) is 13.0 Å². The summed E-state index contributed by atoms with van der Waals surface area (Å²) < 4.78 is 0. The van der Waals surface area contributed by atoms with E-state index < -0.39 is 0 Å². The Morgan fingerprint density at radius 3 is 2.56 bits per heavy atom. The van der Waals surface area contributed by atoms with Crippen molar-refractivity contribution in [1.29, 1.82) is 0 Å². The molecule has 0 saturated heterocycles. The number of benzene rings is 1. The van der Waals surface area contributed by atoms with Gasteiger partial charge in [-0.3, -0.25) is 6.04 Å². The van der Waals surface area contributed by atoms with Crippen molar-refractivity contribution >= 4 is 0 Å². The number of aliphatic hydroxyl groups excluding tert-OH is 1. The van der Waals surface area contributed by atoms with Gasteiger partial charge in [0.2, 0.25) is 0 Å². The minimum atomic E-state index is -0.206. The summed E-state index contributed by atoms with van der Waals surface area (Å²) in [6, 6.07) is 6.70. The van der Waals surface area contributed by atoms with Crippen LogP contribution in [0.5, 0.6) is 5.75 Å². The Kier molecular flexibility index (Phi) is 5.00. The van der Waals surface area contributed by atoms with Gasteiger partial charge >= 0.3 is 0 Å². The second-order valence-electron chi connectivity index (χ2n) is 8.68. The third kappa shape index (κ3) is 2.85. The molecule has 4 rings (SSSR count). The molecule has 25 heavy (non-hydrogen) atoms. The fraction of sp³-hybridized carbons (Fsp3) is 0.571. The molecule has 0 spiro atoms. The number of fused-ring (bicyclic) bond motifs is 4. The Labute approximate surface area is 174 Å². The van der Waals surface area contributed by atoms with Gasteiger partial charge in [-0.2, -0.15) is 6.92 Å². The van der Waals surface area contributed by atoms with Gasteiger partial charge in [-0.15, -0.1) is 5.92 Å². The largest absolute Gasteiger partial charge is 0.508 e. The van der Waals surface area contributed by atoms with E-state index in [9.17, 15) is 10.2 Å². The van der Waals surface area contributed by atoms with Gasteiger partial charge in [0.25, 0.3) is 0 Å². The summed E-state index contributed by atoms with van der Waals surface area (Å²) in [7, 11) is 0. The van der Waals surface area contributed by atoms with Crippen LogP contribution in [0.4, 0.5) is 0 Å². The fourth-order valence-electron chi connectivity index (χ4n) is 5.65. The molecule has 4 heteroatoms. The summed E-state index contributed by atoms with van der Waals surface area (Å²) in [4.78, 5) is 0. The van der Waals surface area contributed by atoms with Gasteiger partial charge in [0, 0.05) is 36.5 Å². The van der Waals surface area contributed by atoms with E-state index in [1.165, 1.54) is 22.3 Å². The maximum atomic E-state index is 10.3. The molecule has 0 amide bonds. The molecule has 1 aromatic rings. The SMILES string of the molecule is C[C-](N)C1CC2=C3C[C@@H](O)CC3(C)CC[C@]2(C)c2ccc(O)cc21.[U]. The number of hydrogen-bond acceptors (Lipinski definition) is 3. The zero-order chi connectivity index (χ0) is 17.3. The van der Waals surface area contributed by atoms with Crippen LogP contribution in [-0.2, 0) is 5.41 Å². The number of allylic oxidation sites excluding steroid dienone is 1. The third-order valence-corrected chi connectivity index (χ3v) is 7.02. The number of rotatable bonds is 1. The van der Waals surface area contributed by atoms with Gasteiger partial charge in [0.15, 0.2) is 0 Å². The molecule has 0 aromatic heterocycles. The summed E-state index contributed by atoms with van der Waals surface area (Å²) >= 11 is 0. The predicted molar refractivity (Wildman–Crippen MR) is 95.5 cm³/mol. The van der Waals surface area contributed by atoms with Crippen LogP contribution in [0.2, 0.25) is 0 Å². The van der Waals surface area contributed by atoms with Gasteiger partial charge in [-0.1, -0.05) is 43.0 Å². The predicted octanol–water partition coefficient (Wildman–Crippen LogP) is 3.90. The van der Waals surface area contributed by atoms with Gasteiger partial charge in [0.1, 0.15) is 5.75 Å². The third-order valence-electron chi connectivity index (χ3n) is 7.02. The van der Waals surface area contributed by atoms with Crippen LogP contribution in [0.1, 0.15) is 69.9 Å². The standard InChI is InChI=1S/C21H28NO2.U/c1-12(22)15-10-19-18-9-14(24)11-20(18,2)6-7-21(19,3)17-5-4-13(23)8-16(15)17;/h4-5,8,14-15,23-24H,6-7,9-11,22H2,1-3H3;/q-1;/t14-,15?,20?,21-;/m1./s1. The van der Waals surface area contributed by atoms with Crippen molar-refractivity contribution in [2.75, 3.05) is 0 Å². The molecular formula is C21H28NO2U-. The molecule has 3 aliphatic carbocycles. The first-order chi connectivity index (χ1) is 11.2. The van der Waals surface area contributed by atoms with E-state index in [4.69, 9.17) is 5.73 Å². The first kappa shape index (κ1) is 19.5. The first-order valence-corrected chi connectivity index (χ1v) is 9.08. The minimum absolute atomic E-state index is 0. The number of phenols is 1. The Bertz CT molecular complexity index is 729. The van der Waals surface area contributed by atoms with Crippen molar-refractivity contribution in [3.63, 3.8) is 0 Å². The number of aliphatic hydroxyl groups is 1. The molecule has 134 valence electrons. The minimum Gasteiger partial charge on any atom is -0.508 e. The van der Waals surface area contributed by atoms with E-state index in [1.54, 1.807) is 6.07 Å². The Morgan fingerprint density at radius 2 is 1.88 bits per heavy atom. The Morgan fingerprint density at radius 1 is 1.16 bits per heavy atom. The molecule has 4 N–H and O–H groups in total. The molecule has 3 aliphatic rings. The van der Waals surface area contributed by atoms with E-state index in [0.29, 0.717) is 5.75 Å². The first-order valence-electron chi connectivity index (χ1n) is 9.08. The topological polar surface area (TPSA) is 66.5 Å². The van der Waals surface area contributed by atoms with E-state index >= 15 is 0 Å². The van der Waals surface area contributed by atoms with Crippen molar-refractivity contribution < 1.29 is 41.3 Å². The van der Waals surface area contributed by atoms with Gasteiger partial charge < -0.3 is 15.9 Å². The number of hydrogen-bond donors (Lipinski definition) is 3. The molecule has 0 radical (unpaired) electrons. The van der Waals surface area contributed by atoms with Crippen molar-refractivity contribution in [1.82, 2.24) is 0 Å². The molecular weight excluding hydrogens is 536 g/mol. The van der Waals surface area contributed by atoms with Crippen molar-refractivity contribution in [3.05, 3.63) is 46.5 Å². The molecule has 1 saturated carbocycles. The van der Waals surface area contributed by atoms with Crippen LogP contribution in [0.3, 0.4) is 0 Å². The Balaban J connectivity index is 0.00000182. The molecule has 1 fully saturated rings. The van der Waals surface area contributed by atoms with Crippen molar-refractivity contribution in [2.24, 2.45) is 11.1 Å². The smallest absolute Gasteiger partial charge is 0.115 e. The number of aromatic hydroxyl groups is 1. The average molecular weight is 564 g/mol. The summed E-state index contributed by atoms with van der Waals surface area (Å²) in [6.45, 7) is 6.65. The van der Waals surface area contributed by atoms with E-state index in [2.05, 4.69) is 19.9 Å².